The molecule has 0 saturated carbocycles. The Labute approximate surface area is 322 Å². The normalized spacial score (nSPS) is 11.2. The number of rotatable bonds is 5. The van der Waals surface area contributed by atoms with Crippen molar-refractivity contribution in [2.45, 2.75) is 0 Å². The van der Waals surface area contributed by atoms with E-state index in [4.69, 9.17) is 4.98 Å². The first-order valence-corrected chi connectivity index (χ1v) is 18.2. The summed E-state index contributed by atoms with van der Waals surface area (Å²) in [5.41, 5.74) is 13.2. The molecule has 6 heteroatoms. The first kappa shape index (κ1) is 32.4. The molecule has 0 spiro atoms. The highest BCUT2D eigenvalue weighted by Crippen LogP contribution is 2.41. The number of aromatic nitrogens is 3. The van der Waals surface area contributed by atoms with Crippen molar-refractivity contribution in [2.24, 2.45) is 0 Å². The van der Waals surface area contributed by atoms with Crippen LogP contribution in [0.3, 0.4) is 0 Å². The summed E-state index contributed by atoms with van der Waals surface area (Å²) in [6.45, 7) is 0. The Morgan fingerprint density at radius 1 is 0.375 bits per heavy atom. The minimum Gasteiger partial charge on any atom is -0.309 e. The monoisotopic (exact) mass is 712 g/mol. The van der Waals surface area contributed by atoms with Crippen LogP contribution in [0.1, 0.15) is 16.7 Å². The number of fused-ring (bicyclic) bond motifs is 6. The van der Waals surface area contributed by atoms with Crippen LogP contribution in [0, 0.1) is 34.0 Å². The molecule has 0 N–H and O–H groups in total. The van der Waals surface area contributed by atoms with Gasteiger partial charge in [-0.15, -0.1) is 0 Å². The number of benzene rings is 7. The summed E-state index contributed by atoms with van der Waals surface area (Å²) in [4.78, 5) is 5.08. The van der Waals surface area contributed by atoms with Gasteiger partial charge in [-0.2, -0.15) is 15.8 Å². The van der Waals surface area contributed by atoms with Crippen molar-refractivity contribution < 1.29 is 0 Å². The van der Waals surface area contributed by atoms with Crippen molar-refractivity contribution in [3.8, 4) is 63.1 Å². The molecule has 258 valence electrons. The zero-order valence-electron chi connectivity index (χ0n) is 29.8. The van der Waals surface area contributed by atoms with Gasteiger partial charge in [0.2, 0.25) is 0 Å². The van der Waals surface area contributed by atoms with Crippen molar-refractivity contribution >= 4 is 43.6 Å². The zero-order valence-corrected chi connectivity index (χ0v) is 29.8. The summed E-state index contributed by atoms with van der Waals surface area (Å²) in [6, 6.07) is 61.8. The van der Waals surface area contributed by atoms with Crippen LogP contribution >= 0.6 is 0 Å². The van der Waals surface area contributed by atoms with Gasteiger partial charge in [0, 0.05) is 33.3 Å². The first-order valence-electron chi connectivity index (χ1n) is 18.2. The van der Waals surface area contributed by atoms with Gasteiger partial charge in [0.05, 0.1) is 74.0 Å². The van der Waals surface area contributed by atoms with Crippen LogP contribution in [0.2, 0.25) is 0 Å². The Morgan fingerprint density at radius 2 is 0.875 bits per heavy atom. The summed E-state index contributed by atoms with van der Waals surface area (Å²) < 4.78 is 4.53. The van der Waals surface area contributed by atoms with Gasteiger partial charge in [-0.1, -0.05) is 72.8 Å². The van der Waals surface area contributed by atoms with Gasteiger partial charge in [-0.05, 0) is 113 Å². The lowest BCUT2D eigenvalue weighted by Crippen LogP contribution is -2.03. The highest BCUT2D eigenvalue weighted by molar-refractivity contribution is 6.12. The third-order valence-electron chi connectivity index (χ3n) is 10.6. The largest absolute Gasteiger partial charge is 0.309 e. The van der Waals surface area contributed by atoms with Crippen molar-refractivity contribution in [1.29, 1.82) is 15.8 Å². The average molecular weight is 713 g/mol. The lowest BCUT2D eigenvalue weighted by molar-refractivity contribution is 1.13. The second-order valence-corrected chi connectivity index (χ2v) is 13.8. The van der Waals surface area contributed by atoms with Crippen molar-refractivity contribution in [1.82, 2.24) is 14.1 Å². The first-order chi connectivity index (χ1) is 27.6. The third-order valence-corrected chi connectivity index (χ3v) is 10.6. The van der Waals surface area contributed by atoms with E-state index < -0.39 is 0 Å². The summed E-state index contributed by atoms with van der Waals surface area (Å²) >= 11 is 0. The minimum atomic E-state index is 0.534. The second-order valence-electron chi connectivity index (χ2n) is 13.8. The van der Waals surface area contributed by atoms with Gasteiger partial charge in [0.25, 0.3) is 0 Å². The quantitative estimate of drug-likeness (QED) is 0.177. The van der Waals surface area contributed by atoms with Crippen molar-refractivity contribution in [3.05, 3.63) is 187 Å². The van der Waals surface area contributed by atoms with Crippen molar-refractivity contribution in [2.75, 3.05) is 0 Å². The summed E-state index contributed by atoms with van der Waals surface area (Å²) in [5, 5.41) is 33.7. The van der Waals surface area contributed by atoms with Gasteiger partial charge in [-0.25, -0.2) is 0 Å². The molecule has 0 aliphatic rings. The zero-order chi connectivity index (χ0) is 37.8. The summed E-state index contributed by atoms with van der Waals surface area (Å²) in [6.07, 6.45) is 1.81. The van der Waals surface area contributed by atoms with Gasteiger partial charge in [-0.3, -0.25) is 4.98 Å². The molecular formula is C50H28N6. The van der Waals surface area contributed by atoms with Gasteiger partial charge in [0.1, 0.15) is 0 Å². The average Bonchev–Trinajstić information content (AvgIpc) is 3.78. The standard InChI is InChI=1S/C50H28N6/c51-29-32-8-5-10-35(24-32)37-18-21-46-41(27-37)39-12-1-3-14-44(39)55(46)48-20-17-34(31-53)26-43(48)50-49(16-7-23-54-50)56-45-15-4-2-13-40(45)42-28-38(19-22-47(42)56)36-11-6-9-33(25-36)30-52/h1-28H. The Balaban J connectivity index is 1.21. The number of pyridine rings is 1. The summed E-state index contributed by atoms with van der Waals surface area (Å²) in [7, 11) is 0. The lowest BCUT2D eigenvalue weighted by atomic mass is 10.0. The molecule has 0 aliphatic carbocycles. The highest BCUT2D eigenvalue weighted by atomic mass is 15.0. The molecule has 0 radical (unpaired) electrons. The van der Waals surface area contributed by atoms with Gasteiger partial charge < -0.3 is 9.13 Å². The van der Waals surface area contributed by atoms with Gasteiger partial charge >= 0.3 is 0 Å². The fourth-order valence-electron chi connectivity index (χ4n) is 8.14. The van der Waals surface area contributed by atoms with Gasteiger partial charge in [0.15, 0.2) is 0 Å². The van der Waals surface area contributed by atoms with Crippen LogP contribution in [-0.4, -0.2) is 14.1 Å². The molecule has 0 amide bonds. The Morgan fingerprint density at radius 3 is 1.45 bits per heavy atom. The molecular weight excluding hydrogens is 685 g/mol. The molecule has 0 unspecified atom stereocenters. The molecule has 7 aromatic carbocycles. The van der Waals surface area contributed by atoms with Crippen LogP contribution in [0.5, 0.6) is 0 Å². The lowest BCUT2D eigenvalue weighted by Gasteiger charge is -2.18. The highest BCUT2D eigenvalue weighted by Gasteiger charge is 2.22. The predicted molar refractivity (Wildman–Crippen MR) is 223 cm³/mol. The molecule has 6 nitrogen and oxygen atoms in total. The fraction of sp³-hybridized carbons (Fsp3) is 0. The van der Waals surface area contributed by atoms with E-state index >= 15 is 0 Å². The number of hydrogen-bond acceptors (Lipinski definition) is 4. The number of nitrogens with zero attached hydrogens (tertiary/aromatic N) is 6. The topological polar surface area (TPSA) is 94.1 Å². The van der Waals surface area contributed by atoms with Crippen LogP contribution in [-0.2, 0) is 0 Å². The van der Waals surface area contributed by atoms with Crippen LogP contribution in [0.15, 0.2) is 170 Å². The Kier molecular flexibility index (Phi) is 7.53. The van der Waals surface area contributed by atoms with E-state index in [1.807, 2.05) is 85.1 Å². The second kappa shape index (κ2) is 13.0. The molecule has 3 aromatic heterocycles. The fourth-order valence-corrected chi connectivity index (χ4v) is 8.14. The molecule has 10 rings (SSSR count). The van der Waals surface area contributed by atoms with E-state index in [9.17, 15) is 15.8 Å². The summed E-state index contributed by atoms with van der Waals surface area (Å²) in [5.74, 6) is 0. The predicted octanol–water partition coefficient (Wildman–Crippen LogP) is 11.9. The van der Waals surface area contributed by atoms with E-state index in [1.54, 1.807) is 0 Å². The minimum absolute atomic E-state index is 0.534. The SMILES string of the molecule is N#Cc1cccc(-c2ccc3c(c2)c2ccccc2n3-c2ccc(C#N)cc2-c2ncccc2-n2c3ccccc3c3cc(-c4cccc(C#N)c4)ccc32)c1. The maximum Gasteiger partial charge on any atom is 0.0991 e. The van der Waals surface area contributed by atoms with E-state index in [0.29, 0.717) is 16.7 Å². The van der Waals surface area contributed by atoms with Crippen LogP contribution in [0.25, 0.3) is 88.5 Å². The number of hydrogen-bond donors (Lipinski definition) is 0. The molecule has 0 fully saturated rings. The molecule has 56 heavy (non-hydrogen) atoms. The molecule has 3 heterocycles. The number of nitriles is 3. The van der Waals surface area contributed by atoms with Crippen LogP contribution < -0.4 is 0 Å². The molecule has 0 atom stereocenters. The van der Waals surface area contributed by atoms with Crippen LogP contribution in [0.4, 0.5) is 0 Å². The number of para-hydroxylation sites is 2. The molecule has 0 bridgehead atoms. The third kappa shape index (κ3) is 5.12. The Bertz CT molecular complexity index is 3360. The van der Waals surface area contributed by atoms with Crippen molar-refractivity contribution in [3.63, 3.8) is 0 Å². The van der Waals surface area contributed by atoms with E-state index in [-0.39, 0.29) is 0 Å². The van der Waals surface area contributed by atoms with E-state index in [0.717, 1.165) is 88.5 Å². The van der Waals surface area contributed by atoms with E-state index in [1.165, 1.54) is 0 Å². The molecule has 0 saturated heterocycles. The Hall–Kier alpha value is -8.24. The maximum absolute atomic E-state index is 10.2. The maximum atomic E-state index is 10.2. The molecule has 0 aliphatic heterocycles. The molecule has 10 aromatic rings. The van der Waals surface area contributed by atoms with E-state index in [2.05, 4.69) is 112 Å². The smallest absolute Gasteiger partial charge is 0.0991 e.